The molecule has 0 aliphatic rings. The summed E-state index contributed by atoms with van der Waals surface area (Å²) < 4.78 is 40.1. The smallest absolute Gasteiger partial charge is 0.347 e. The van der Waals surface area contributed by atoms with Gasteiger partial charge in [0.05, 0.1) is 22.9 Å². The molecule has 0 spiro atoms. The van der Waals surface area contributed by atoms with Crippen LogP contribution < -0.4 is 0 Å². The molecule has 136 valence electrons. The second kappa shape index (κ2) is 6.64. The van der Waals surface area contributed by atoms with Crippen LogP contribution in [-0.2, 0) is 17.5 Å². The van der Waals surface area contributed by atoms with Crippen LogP contribution in [0.25, 0.3) is 22.2 Å². The number of fused-ring (bicyclic) bond motifs is 1. The summed E-state index contributed by atoms with van der Waals surface area (Å²) in [5.41, 5.74) is 1.72. The van der Waals surface area contributed by atoms with Gasteiger partial charge in [0.1, 0.15) is 6.54 Å². The maximum Gasteiger partial charge on any atom is 0.416 e. The lowest BCUT2D eigenvalue weighted by Gasteiger charge is -2.12. The molecule has 1 amide bonds. The van der Waals surface area contributed by atoms with E-state index in [4.69, 9.17) is 11.6 Å². The Hall–Kier alpha value is -2.54. The highest BCUT2D eigenvalue weighted by atomic mass is 35.5. The van der Waals surface area contributed by atoms with E-state index in [9.17, 15) is 18.0 Å². The minimum Gasteiger partial charge on any atom is -0.347 e. The molecule has 1 heterocycles. The zero-order valence-electron chi connectivity index (χ0n) is 14.0. The lowest BCUT2D eigenvalue weighted by molar-refractivity contribution is -0.137. The van der Waals surface area contributed by atoms with Gasteiger partial charge in [-0.3, -0.25) is 4.79 Å². The van der Waals surface area contributed by atoms with Gasteiger partial charge in [-0.05, 0) is 29.8 Å². The van der Waals surface area contributed by atoms with Crippen LogP contribution in [0.3, 0.4) is 0 Å². The van der Waals surface area contributed by atoms with Crippen LogP contribution in [0.4, 0.5) is 13.2 Å². The number of benzene rings is 2. The Balaban J connectivity index is 2.02. The topological polar surface area (TPSA) is 38.1 Å². The first-order valence-corrected chi connectivity index (χ1v) is 8.07. The van der Waals surface area contributed by atoms with Gasteiger partial charge >= 0.3 is 6.18 Å². The second-order valence-electron chi connectivity index (χ2n) is 6.06. The van der Waals surface area contributed by atoms with Crippen molar-refractivity contribution in [1.29, 1.82) is 0 Å². The highest BCUT2D eigenvalue weighted by Gasteiger charge is 2.31. The number of amides is 1. The van der Waals surface area contributed by atoms with Crippen molar-refractivity contribution in [2.75, 3.05) is 14.1 Å². The number of rotatable bonds is 3. The summed E-state index contributed by atoms with van der Waals surface area (Å²) in [4.78, 5) is 17.7. The molecule has 0 unspecified atom stereocenters. The summed E-state index contributed by atoms with van der Waals surface area (Å²) in [6, 6.07) is 8.50. The maximum atomic E-state index is 12.8. The maximum absolute atomic E-state index is 12.8. The second-order valence-corrected chi connectivity index (χ2v) is 6.46. The fourth-order valence-corrected chi connectivity index (χ4v) is 2.85. The summed E-state index contributed by atoms with van der Waals surface area (Å²) in [5, 5.41) is 0.00890. The van der Waals surface area contributed by atoms with E-state index in [1.54, 1.807) is 43.2 Å². The minimum atomic E-state index is -4.45. The average molecular weight is 382 g/mol. The van der Waals surface area contributed by atoms with Crippen molar-refractivity contribution in [3.63, 3.8) is 0 Å². The molecule has 26 heavy (non-hydrogen) atoms. The number of alkyl halides is 3. The van der Waals surface area contributed by atoms with E-state index in [0.717, 1.165) is 12.1 Å². The number of hydrogen-bond donors (Lipinski definition) is 0. The molecule has 0 radical (unpaired) electrons. The van der Waals surface area contributed by atoms with Gasteiger partial charge in [0.15, 0.2) is 0 Å². The Morgan fingerprint density at radius 2 is 1.92 bits per heavy atom. The fourth-order valence-electron chi connectivity index (χ4n) is 2.56. The highest BCUT2D eigenvalue weighted by Crippen LogP contribution is 2.36. The van der Waals surface area contributed by atoms with Crippen LogP contribution >= 0.6 is 11.6 Å². The van der Waals surface area contributed by atoms with Crippen LogP contribution in [0, 0.1) is 0 Å². The van der Waals surface area contributed by atoms with Crippen LogP contribution in [-0.4, -0.2) is 34.5 Å². The molecule has 3 aromatic rings. The summed E-state index contributed by atoms with van der Waals surface area (Å²) in [7, 11) is 3.32. The predicted molar refractivity (Wildman–Crippen MR) is 93.9 cm³/mol. The van der Waals surface area contributed by atoms with Gasteiger partial charge in [0.2, 0.25) is 5.91 Å². The molecule has 0 saturated heterocycles. The number of likely N-dealkylation sites (N-methyl/N-ethyl adjacent to an activating group) is 1. The van der Waals surface area contributed by atoms with E-state index in [0.29, 0.717) is 22.2 Å². The molecule has 2 aromatic carbocycles. The van der Waals surface area contributed by atoms with Crippen molar-refractivity contribution >= 4 is 28.5 Å². The Morgan fingerprint density at radius 1 is 1.19 bits per heavy atom. The van der Waals surface area contributed by atoms with Crippen LogP contribution in [0.2, 0.25) is 5.02 Å². The van der Waals surface area contributed by atoms with E-state index in [-0.39, 0.29) is 17.5 Å². The van der Waals surface area contributed by atoms with Crippen LogP contribution in [0.5, 0.6) is 0 Å². The number of carbonyl (C=O) groups is 1. The quantitative estimate of drug-likeness (QED) is 0.671. The van der Waals surface area contributed by atoms with Crippen LogP contribution in [0.1, 0.15) is 5.56 Å². The van der Waals surface area contributed by atoms with Crippen molar-refractivity contribution in [1.82, 2.24) is 14.5 Å². The molecule has 0 N–H and O–H groups in total. The summed E-state index contributed by atoms with van der Waals surface area (Å²) in [6.07, 6.45) is -2.89. The number of nitrogens with zero attached hydrogens (tertiary/aromatic N) is 3. The molecule has 3 rings (SSSR count). The molecule has 0 aliphatic heterocycles. The molecule has 1 aromatic heterocycles. The van der Waals surface area contributed by atoms with Gasteiger partial charge in [-0.1, -0.05) is 23.7 Å². The van der Waals surface area contributed by atoms with E-state index < -0.39 is 11.7 Å². The van der Waals surface area contributed by atoms with E-state index in [2.05, 4.69) is 4.98 Å². The fraction of sp³-hybridized carbons (Fsp3) is 0.222. The molecule has 0 aliphatic carbocycles. The number of hydrogen-bond acceptors (Lipinski definition) is 2. The number of carbonyl (C=O) groups excluding carboxylic acids is 1. The third-order valence-electron chi connectivity index (χ3n) is 4.03. The highest BCUT2D eigenvalue weighted by molar-refractivity contribution is 6.33. The predicted octanol–water partition coefficient (Wildman–Crippen LogP) is 4.46. The Bertz CT molecular complexity index is 979. The average Bonchev–Trinajstić information content (AvgIpc) is 2.96. The van der Waals surface area contributed by atoms with E-state index in [1.165, 1.54) is 11.0 Å². The first-order chi connectivity index (χ1) is 12.2. The van der Waals surface area contributed by atoms with Crippen LogP contribution in [0.15, 0.2) is 42.7 Å². The van der Waals surface area contributed by atoms with Gasteiger partial charge in [-0.25, -0.2) is 4.98 Å². The van der Waals surface area contributed by atoms with Crippen molar-refractivity contribution in [2.24, 2.45) is 0 Å². The third kappa shape index (κ3) is 3.53. The van der Waals surface area contributed by atoms with Gasteiger partial charge in [0.25, 0.3) is 0 Å². The molecule has 8 heteroatoms. The SMILES string of the molecule is CN(C)C(=O)Cn1cnc2ccc(-c3ccc(C(F)(F)F)cc3Cl)cc21. The first kappa shape index (κ1) is 18.3. The Morgan fingerprint density at radius 3 is 2.54 bits per heavy atom. The number of aromatic nitrogens is 2. The normalized spacial score (nSPS) is 11.8. The Labute approximate surface area is 152 Å². The monoisotopic (exact) mass is 381 g/mol. The molecule has 0 atom stereocenters. The first-order valence-electron chi connectivity index (χ1n) is 7.69. The van der Waals surface area contributed by atoms with Crippen molar-refractivity contribution < 1.29 is 18.0 Å². The third-order valence-corrected chi connectivity index (χ3v) is 4.35. The molecule has 4 nitrogen and oxygen atoms in total. The summed E-state index contributed by atoms with van der Waals surface area (Å²) >= 11 is 6.08. The van der Waals surface area contributed by atoms with Gasteiger partial charge in [-0.2, -0.15) is 13.2 Å². The number of halogens is 4. The van der Waals surface area contributed by atoms with E-state index >= 15 is 0 Å². The van der Waals surface area contributed by atoms with Gasteiger partial charge < -0.3 is 9.47 Å². The van der Waals surface area contributed by atoms with Crippen molar-refractivity contribution in [3.05, 3.63) is 53.3 Å². The van der Waals surface area contributed by atoms with Crippen molar-refractivity contribution in [2.45, 2.75) is 12.7 Å². The molecule has 0 fully saturated rings. The minimum absolute atomic E-state index is 0.00890. The molecular weight excluding hydrogens is 367 g/mol. The van der Waals surface area contributed by atoms with E-state index in [1.807, 2.05) is 0 Å². The van der Waals surface area contributed by atoms with Gasteiger partial charge in [-0.15, -0.1) is 0 Å². The number of imidazole rings is 1. The molecule has 0 bridgehead atoms. The molecular formula is C18H15ClF3N3O. The lowest BCUT2D eigenvalue weighted by atomic mass is 10.0. The molecule has 0 saturated carbocycles. The zero-order valence-corrected chi connectivity index (χ0v) is 14.8. The largest absolute Gasteiger partial charge is 0.416 e. The summed E-state index contributed by atoms with van der Waals surface area (Å²) in [6.45, 7) is 0.119. The van der Waals surface area contributed by atoms with Crippen molar-refractivity contribution in [3.8, 4) is 11.1 Å². The lowest BCUT2D eigenvalue weighted by Crippen LogP contribution is -2.25. The standard InChI is InChI=1S/C18H15ClF3N3O/c1-24(2)17(26)9-25-10-23-15-6-3-11(7-16(15)25)13-5-4-12(8-14(13)19)18(20,21)22/h3-8,10H,9H2,1-2H3. The zero-order chi connectivity index (χ0) is 19.1. The summed E-state index contributed by atoms with van der Waals surface area (Å²) in [5.74, 6) is -0.0951. The Kier molecular flexibility index (Phi) is 4.66. The van der Waals surface area contributed by atoms with Gasteiger partial charge in [0, 0.05) is 24.7 Å².